The first-order chi connectivity index (χ1) is 13.7. The molecule has 2 rings (SSSR count). The average molecular weight is 398 g/mol. The first-order valence-electron chi connectivity index (χ1n) is 10.9. The lowest BCUT2D eigenvalue weighted by molar-refractivity contribution is 0.546. The van der Waals surface area contributed by atoms with Crippen molar-refractivity contribution in [1.29, 1.82) is 0 Å². The molecule has 0 aliphatic heterocycles. The second kappa shape index (κ2) is 13.3. The van der Waals surface area contributed by atoms with E-state index in [1.54, 1.807) is 0 Å². The van der Waals surface area contributed by atoms with Crippen LogP contribution in [0.3, 0.4) is 0 Å². The highest BCUT2D eigenvalue weighted by molar-refractivity contribution is 7.80. The molecule has 28 heavy (non-hydrogen) atoms. The summed E-state index contributed by atoms with van der Waals surface area (Å²) in [6.45, 7) is 4.51. The fraction of sp³-hybridized carbons (Fsp3) is 0.480. The van der Waals surface area contributed by atoms with Crippen LogP contribution in [-0.2, 0) is 12.8 Å². The van der Waals surface area contributed by atoms with Crippen LogP contribution in [0, 0.1) is 0 Å². The Labute approximate surface area is 176 Å². The molecule has 0 radical (unpaired) electrons. The van der Waals surface area contributed by atoms with E-state index in [2.05, 4.69) is 37.4 Å². The highest BCUT2D eigenvalue weighted by Gasteiger charge is 2.12. The fourth-order valence-electron chi connectivity index (χ4n) is 3.46. The van der Waals surface area contributed by atoms with E-state index in [9.17, 15) is 0 Å². The number of ether oxygens (including phenoxy) is 1. The molecule has 0 saturated heterocycles. The fourth-order valence-corrected chi connectivity index (χ4v) is 3.67. The maximum absolute atomic E-state index is 6.09. The molecule has 0 aliphatic carbocycles. The Hall–Kier alpha value is -1.87. The van der Waals surface area contributed by atoms with Crippen LogP contribution in [0.1, 0.15) is 76.3 Å². The number of aryl methyl sites for hydroxylation is 1. The van der Waals surface area contributed by atoms with Crippen molar-refractivity contribution in [3.63, 3.8) is 0 Å². The molecule has 0 fully saturated rings. The minimum Gasteiger partial charge on any atom is -0.431 e. The van der Waals surface area contributed by atoms with E-state index in [0.717, 1.165) is 24.3 Å². The first-order valence-corrected chi connectivity index (χ1v) is 11.3. The summed E-state index contributed by atoms with van der Waals surface area (Å²) in [6.07, 6.45) is 12.3. The van der Waals surface area contributed by atoms with E-state index in [1.165, 1.54) is 62.5 Å². The zero-order valence-corrected chi connectivity index (χ0v) is 18.3. The molecule has 0 saturated carbocycles. The van der Waals surface area contributed by atoms with E-state index in [1.807, 2.05) is 30.3 Å². The minimum absolute atomic E-state index is 0.407. The van der Waals surface area contributed by atoms with Gasteiger partial charge in [-0.15, -0.1) is 0 Å². The van der Waals surface area contributed by atoms with E-state index in [4.69, 9.17) is 17.0 Å². The van der Waals surface area contributed by atoms with Gasteiger partial charge in [0, 0.05) is 5.69 Å². The van der Waals surface area contributed by atoms with Crippen LogP contribution in [0.4, 0.5) is 5.69 Å². The van der Waals surface area contributed by atoms with Gasteiger partial charge in [-0.25, -0.2) is 0 Å². The Morgan fingerprint density at radius 1 is 0.786 bits per heavy atom. The van der Waals surface area contributed by atoms with Crippen molar-refractivity contribution in [2.45, 2.75) is 78.1 Å². The summed E-state index contributed by atoms with van der Waals surface area (Å²) in [7, 11) is 0. The molecular weight excluding hydrogens is 362 g/mol. The van der Waals surface area contributed by atoms with Crippen LogP contribution in [0.15, 0.2) is 48.5 Å². The third kappa shape index (κ3) is 8.02. The monoisotopic (exact) mass is 397 g/mol. The summed E-state index contributed by atoms with van der Waals surface area (Å²) in [4.78, 5) is 0. The molecule has 3 heteroatoms. The van der Waals surface area contributed by atoms with Crippen LogP contribution in [0.25, 0.3) is 0 Å². The zero-order valence-electron chi connectivity index (χ0n) is 17.5. The Balaban J connectivity index is 2.07. The number of rotatable bonds is 12. The second-order valence-corrected chi connectivity index (χ2v) is 7.77. The third-order valence-electron chi connectivity index (χ3n) is 5.03. The van der Waals surface area contributed by atoms with Crippen LogP contribution < -0.4 is 10.1 Å². The maximum atomic E-state index is 6.09. The van der Waals surface area contributed by atoms with Gasteiger partial charge in [-0.05, 0) is 67.2 Å². The summed E-state index contributed by atoms with van der Waals surface area (Å²) >= 11 is 5.46. The Morgan fingerprint density at radius 3 is 2.14 bits per heavy atom. The van der Waals surface area contributed by atoms with Crippen molar-refractivity contribution in [3.8, 4) is 5.75 Å². The van der Waals surface area contributed by atoms with Crippen LogP contribution in [-0.4, -0.2) is 5.17 Å². The van der Waals surface area contributed by atoms with Crippen molar-refractivity contribution in [3.05, 3.63) is 59.7 Å². The number of para-hydroxylation sites is 1. The number of thiocarbonyl (C=S) groups is 1. The molecule has 0 aromatic heterocycles. The molecule has 2 aromatic rings. The summed E-state index contributed by atoms with van der Waals surface area (Å²) in [5.41, 5.74) is 3.72. The van der Waals surface area contributed by atoms with Gasteiger partial charge in [-0.1, -0.05) is 82.7 Å². The average Bonchev–Trinajstić information content (AvgIpc) is 2.70. The third-order valence-corrected chi connectivity index (χ3v) is 5.22. The van der Waals surface area contributed by atoms with E-state index >= 15 is 0 Å². The van der Waals surface area contributed by atoms with Crippen LogP contribution >= 0.6 is 12.2 Å². The topological polar surface area (TPSA) is 21.3 Å². The number of unbranched alkanes of at least 4 members (excludes halogenated alkanes) is 6. The van der Waals surface area contributed by atoms with E-state index in [-0.39, 0.29) is 0 Å². The molecule has 1 N–H and O–H groups in total. The van der Waals surface area contributed by atoms with Crippen LogP contribution in [0.2, 0.25) is 0 Å². The maximum Gasteiger partial charge on any atom is 0.266 e. The highest BCUT2D eigenvalue weighted by atomic mass is 32.1. The quantitative estimate of drug-likeness (QED) is 0.293. The molecule has 152 valence electrons. The summed E-state index contributed by atoms with van der Waals surface area (Å²) in [5, 5.41) is 3.59. The van der Waals surface area contributed by atoms with Gasteiger partial charge >= 0.3 is 0 Å². The minimum atomic E-state index is 0.407. The Kier molecular flexibility index (Phi) is 10.7. The largest absolute Gasteiger partial charge is 0.431 e. The lowest BCUT2D eigenvalue weighted by Crippen LogP contribution is -2.17. The molecular formula is C25H35NOS. The molecule has 0 atom stereocenters. The molecule has 0 aliphatic rings. The van der Waals surface area contributed by atoms with Gasteiger partial charge < -0.3 is 10.1 Å². The molecule has 0 heterocycles. The molecule has 2 aromatic carbocycles. The molecule has 0 unspecified atom stereocenters. The summed E-state index contributed by atoms with van der Waals surface area (Å²) in [6, 6.07) is 16.4. The van der Waals surface area contributed by atoms with Gasteiger partial charge in [0.05, 0.1) is 0 Å². The van der Waals surface area contributed by atoms with Gasteiger partial charge in [0.25, 0.3) is 5.17 Å². The van der Waals surface area contributed by atoms with Gasteiger partial charge in [0.15, 0.2) is 0 Å². The summed E-state index contributed by atoms with van der Waals surface area (Å²) in [5.74, 6) is 0.915. The molecule has 0 spiro atoms. The molecule has 0 amide bonds. The lowest BCUT2D eigenvalue weighted by atomic mass is 9.96. The molecule has 2 nitrogen and oxygen atoms in total. The number of hydrogen-bond donors (Lipinski definition) is 1. The van der Waals surface area contributed by atoms with E-state index < -0.39 is 0 Å². The smallest absolute Gasteiger partial charge is 0.266 e. The number of nitrogens with one attached hydrogen (secondary N) is 1. The molecule has 0 bridgehead atoms. The Bertz CT molecular complexity index is 699. The van der Waals surface area contributed by atoms with Gasteiger partial charge in [0.1, 0.15) is 5.75 Å². The normalized spacial score (nSPS) is 10.6. The Morgan fingerprint density at radius 2 is 1.46 bits per heavy atom. The van der Waals surface area contributed by atoms with Crippen molar-refractivity contribution in [1.82, 2.24) is 0 Å². The van der Waals surface area contributed by atoms with E-state index in [0.29, 0.717) is 5.17 Å². The van der Waals surface area contributed by atoms with Crippen molar-refractivity contribution in [2.24, 2.45) is 0 Å². The van der Waals surface area contributed by atoms with Crippen molar-refractivity contribution < 1.29 is 4.74 Å². The number of anilines is 1. The van der Waals surface area contributed by atoms with Gasteiger partial charge in [0.2, 0.25) is 0 Å². The standard InChI is InChI=1S/C25H35NOS/c1-3-5-7-10-15-21-16-14-20-24(23(21)19-13-8-6-4-2)27-25(28)26-22-17-11-9-12-18-22/h9,11-12,14,16-18,20H,3-8,10,13,15,19H2,1-2H3,(H,26,28). The number of hydrogen-bond acceptors (Lipinski definition) is 2. The SMILES string of the molecule is CCCCCCc1cccc(OC(=S)Nc2ccccc2)c1CCCCCC. The predicted molar refractivity (Wildman–Crippen MR) is 125 cm³/mol. The van der Waals surface area contributed by atoms with Crippen LogP contribution in [0.5, 0.6) is 5.75 Å². The summed E-state index contributed by atoms with van der Waals surface area (Å²) < 4.78 is 6.09. The zero-order chi connectivity index (χ0) is 20.0. The first kappa shape index (κ1) is 22.4. The highest BCUT2D eigenvalue weighted by Crippen LogP contribution is 2.27. The van der Waals surface area contributed by atoms with Crippen molar-refractivity contribution in [2.75, 3.05) is 5.32 Å². The predicted octanol–water partition coefficient (Wildman–Crippen LogP) is 7.71. The lowest BCUT2D eigenvalue weighted by Gasteiger charge is -2.17. The number of benzene rings is 2. The van der Waals surface area contributed by atoms with Crippen molar-refractivity contribution >= 4 is 23.1 Å². The van der Waals surface area contributed by atoms with Gasteiger partial charge in [-0.2, -0.15) is 0 Å². The van der Waals surface area contributed by atoms with Gasteiger partial charge in [-0.3, -0.25) is 0 Å². The second-order valence-electron chi connectivity index (χ2n) is 7.40.